The summed E-state index contributed by atoms with van der Waals surface area (Å²) in [4.78, 5) is 13.3. The third-order valence-corrected chi connectivity index (χ3v) is 4.69. The summed E-state index contributed by atoms with van der Waals surface area (Å²) in [5, 5.41) is 4.78. The molecule has 0 radical (unpaired) electrons. The highest BCUT2D eigenvalue weighted by atomic mass is 32.2. The molecule has 2 aromatic rings. The Bertz CT molecular complexity index is 613. The number of carbonyl (C=O) groups is 1. The first-order valence-electron chi connectivity index (χ1n) is 5.94. The van der Waals surface area contributed by atoms with Crippen LogP contribution in [0.4, 0.5) is 8.78 Å². The van der Waals surface area contributed by atoms with Crippen LogP contribution in [0.5, 0.6) is 0 Å². The van der Waals surface area contributed by atoms with Crippen LogP contribution in [0.3, 0.4) is 0 Å². The monoisotopic (exact) mass is 313 g/mol. The Balaban J connectivity index is 1.80. The van der Waals surface area contributed by atoms with E-state index in [9.17, 15) is 13.6 Å². The summed E-state index contributed by atoms with van der Waals surface area (Å²) in [5.74, 6) is -1.74. The minimum Gasteiger partial charge on any atom is -0.350 e. The number of thioether (sulfide) groups is 1. The van der Waals surface area contributed by atoms with Crippen LogP contribution in [0.25, 0.3) is 0 Å². The molecule has 0 aliphatic rings. The van der Waals surface area contributed by atoms with Gasteiger partial charge in [0, 0.05) is 9.77 Å². The van der Waals surface area contributed by atoms with Gasteiger partial charge < -0.3 is 5.32 Å². The van der Waals surface area contributed by atoms with Gasteiger partial charge in [-0.3, -0.25) is 4.79 Å². The number of rotatable bonds is 5. The number of carbonyl (C=O) groups excluding carboxylic acids is 1. The van der Waals surface area contributed by atoms with Crippen LogP contribution in [0.15, 0.2) is 34.5 Å². The topological polar surface area (TPSA) is 29.1 Å². The van der Waals surface area contributed by atoms with Crippen molar-refractivity contribution in [3.8, 4) is 0 Å². The quantitative estimate of drug-likeness (QED) is 0.852. The van der Waals surface area contributed by atoms with E-state index in [-0.39, 0.29) is 11.7 Å². The van der Waals surface area contributed by atoms with E-state index in [1.165, 1.54) is 17.8 Å². The lowest BCUT2D eigenvalue weighted by atomic mass is 10.3. The predicted molar refractivity (Wildman–Crippen MR) is 78.0 cm³/mol. The Morgan fingerprint density at radius 1 is 1.30 bits per heavy atom. The Labute approximate surface area is 124 Å². The normalized spacial score (nSPS) is 10.6. The van der Waals surface area contributed by atoms with Gasteiger partial charge in [0.1, 0.15) is 0 Å². The lowest BCUT2D eigenvalue weighted by Gasteiger charge is -2.05. The number of aryl methyl sites for hydroxylation is 1. The van der Waals surface area contributed by atoms with Crippen molar-refractivity contribution in [3.63, 3.8) is 0 Å². The largest absolute Gasteiger partial charge is 0.350 e. The molecule has 0 bridgehead atoms. The Hall–Kier alpha value is -1.40. The summed E-state index contributed by atoms with van der Waals surface area (Å²) in [7, 11) is 0. The summed E-state index contributed by atoms with van der Waals surface area (Å²) in [5.41, 5.74) is 1.16. The smallest absolute Gasteiger partial charge is 0.230 e. The first-order valence-corrected chi connectivity index (χ1v) is 7.80. The summed E-state index contributed by atoms with van der Waals surface area (Å²) in [6.45, 7) is 2.49. The molecule has 0 saturated heterocycles. The number of thiophene rings is 1. The van der Waals surface area contributed by atoms with E-state index >= 15 is 0 Å². The van der Waals surface area contributed by atoms with E-state index in [4.69, 9.17) is 0 Å². The van der Waals surface area contributed by atoms with Gasteiger partial charge >= 0.3 is 0 Å². The predicted octanol–water partition coefficient (Wildman–Crippen LogP) is 3.74. The van der Waals surface area contributed by atoms with E-state index in [0.29, 0.717) is 11.4 Å². The Morgan fingerprint density at radius 3 is 2.75 bits per heavy atom. The van der Waals surface area contributed by atoms with Crippen molar-refractivity contribution in [1.82, 2.24) is 5.32 Å². The molecule has 1 aromatic carbocycles. The van der Waals surface area contributed by atoms with Gasteiger partial charge in [-0.1, -0.05) is 0 Å². The standard InChI is InChI=1S/C14H13F2NOS2/c1-9-4-5-19-13(9)7-17-14(18)8-20-10-2-3-11(15)12(16)6-10/h2-6H,7-8H2,1H3,(H,17,18). The molecule has 0 spiro atoms. The minimum absolute atomic E-state index is 0.132. The van der Waals surface area contributed by atoms with Crippen LogP contribution in [-0.4, -0.2) is 11.7 Å². The summed E-state index contributed by atoms with van der Waals surface area (Å²) in [6.07, 6.45) is 0. The molecule has 0 fully saturated rings. The molecular formula is C14H13F2NOS2. The molecule has 0 atom stereocenters. The molecule has 0 unspecified atom stereocenters. The molecule has 0 aliphatic heterocycles. The van der Waals surface area contributed by atoms with Crippen molar-refractivity contribution in [1.29, 1.82) is 0 Å². The third-order valence-electron chi connectivity index (χ3n) is 2.68. The first kappa shape index (κ1) is 15.0. The average Bonchev–Trinajstić information content (AvgIpc) is 2.83. The van der Waals surface area contributed by atoms with Gasteiger partial charge in [0.05, 0.1) is 12.3 Å². The zero-order chi connectivity index (χ0) is 14.5. The lowest BCUT2D eigenvalue weighted by Crippen LogP contribution is -2.24. The van der Waals surface area contributed by atoms with Gasteiger partial charge in [-0.25, -0.2) is 8.78 Å². The fraction of sp³-hybridized carbons (Fsp3) is 0.214. The molecule has 0 saturated carbocycles. The number of halogens is 2. The van der Waals surface area contributed by atoms with Gasteiger partial charge in [-0.05, 0) is 42.1 Å². The lowest BCUT2D eigenvalue weighted by molar-refractivity contribution is -0.118. The molecule has 2 rings (SSSR count). The average molecular weight is 313 g/mol. The summed E-state index contributed by atoms with van der Waals surface area (Å²) < 4.78 is 25.7. The van der Waals surface area contributed by atoms with Crippen LogP contribution < -0.4 is 5.32 Å². The van der Waals surface area contributed by atoms with Crippen LogP contribution in [0.1, 0.15) is 10.4 Å². The molecule has 1 N–H and O–H groups in total. The maximum absolute atomic E-state index is 13.0. The molecule has 2 nitrogen and oxygen atoms in total. The highest BCUT2D eigenvalue weighted by molar-refractivity contribution is 8.00. The zero-order valence-electron chi connectivity index (χ0n) is 10.8. The maximum atomic E-state index is 13.0. The summed E-state index contributed by atoms with van der Waals surface area (Å²) in [6, 6.07) is 5.61. The minimum atomic E-state index is -0.899. The molecule has 6 heteroatoms. The first-order chi connectivity index (χ1) is 9.56. The van der Waals surface area contributed by atoms with Crippen molar-refractivity contribution in [2.24, 2.45) is 0 Å². The second-order valence-electron chi connectivity index (χ2n) is 4.17. The second kappa shape index (κ2) is 6.85. The van der Waals surface area contributed by atoms with E-state index < -0.39 is 11.6 Å². The SMILES string of the molecule is Cc1ccsc1CNC(=O)CSc1ccc(F)c(F)c1. The van der Waals surface area contributed by atoms with E-state index in [1.54, 1.807) is 11.3 Å². The van der Waals surface area contributed by atoms with Gasteiger partial charge in [-0.15, -0.1) is 23.1 Å². The molecule has 0 aliphatic carbocycles. The van der Waals surface area contributed by atoms with Crippen molar-refractivity contribution in [2.75, 3.05) is 5.75 Å². The fourth-order valence-electron chi connectivity index (χ4n) is 1.53. The highest BCUT2D eigenvalue weighted by Crippen LogP contribution is 2.20. The van der Waals surface area contributed by atoms with E-state index in [1.807, 2.05) is 18.4 Å². The number of nitrogens with one attached hydrogen (secondary N) is 1. The van der Waals surface area contributed by atoms with Crippen molar-refractivity contribution >= 4 is 29.0 Å². The molecule has 1 amide bonds. The van der Waals surface area contributed by atoms with Gasteiger partial charge in [0.2, 0.25) is 5.91 Å². The summed E-state index contributed by atoms with van der Waals surface area (Å²) >= 11 is 2.77. The molecule has 106 valence electrons. The van der Waals surface area contributed by atoms with Gasteiger partial charge in [0.25, 0.3) is 0 Å². The van der Waals surface area contributed by atoms with Gasteiger partial charge in [0.15, 0.2) is 11.6 Å². The zero-order valence-corrected chi connectivity index (χ0v) is 12.4. The number of amides is 1. The van der Waals surface area contributed by atoms with Crippen LogP contribution >= 0.6 is 23.1 Å². The Kier molecular flexibility index (Phi) is 5.14. The van der Waals surface area contributed by atoms with Crippen molar-refractivity contribution in [2.45, 2.75) is 18.4 Å². The molecule has 20 heavy (non-hydrogen) atoms. The molecule has 1 aromatic heterocycles. The van der Waals surface area contributed by atoms with Crippen molar-refractivity contribution < 1.29 is 13.6 Å². The Morgan fingerprint density at radius 2 is 2.10 bits per heavy atom. The van der Waals surface area contributed by atoms with Crippen LogP contribution in [0.2, 0.25) is 0 Å². The fourth-order valence-corrected chi connectivity index (χ4v) is 3.13. The highest BCUT2D eigenvalue weighted by Gasteiger charge is 2.07. The van der Waals surface area contributed by atoms with Crippen LogP contribution in [0, 0.1) is 18.6 Å². The number of hydrogen-bond acceptors (Lipinski definition) is 3. The van der Waals surface area contributed by atoms with Crippen LogP contribution in [-0.2, 0) is 11.3 Å². The van der Waals surface area contributed by atoms with E-state index in [2.05, 4.69) is 5.32 Å². The maximum Gasteiger partial charge on any atom is 0.230 e. The second-order valence-corrected chi connectivity index (χ2v) is 6.22. The third kappa shape index (κ3) is 4.05. The van der Waals surface area contributed by atoms with Crippen molar-refractivity contribution in [3.05, 3.63) is 51.7 Å². The number of hydrogen-bond donors (Lipinski definition) is 1. The molecular weight excluding hydrogens is 300 g/mol. The number of benzene rings is 1. The molecule has 1 heterocycles. The van der Waals surface area contributed by atoms with Gasteiger partial charge in [-0.2, -0.15) is 0 Å². The van der Waals surface area contributed by atoms with E-state index in [0.717, 1.165) is 22.6 Å².